The van der Waals surface area contributed by atoms with E-state index < -0.39 is 0 Å². The van der Waals surface area contributed by atoms with Gasteiger partial charge < -0.3 is 19.7 Å². The Kier molecular flexibility index (Phi) is 6.89. The van der Waals surface area contributed by atoms with Crippen LogP contribution in [0.2, 0.25) is 5.02 Å². The first kappa shape index (κ1) is 18.7. The topological polar surface area (TPSA) is 52.0 Å². The van der Waals surface area contributed by atoms with Crippen LogP contribution < -0.4 is 15.0 Å². The highest BCUT2D eigenvalue weighted by Gasteiger charge is 2.16. The number of morpholine rings is 1. The van der Waals surface area contributed by atoms with Gasteiger partial charge >= 0.3 is 0 Å². The zero-order chi connectivity index (χ0) is 18.2. The molecule has 0 unspecified atom stereocenters. The average Bonchev–Trinajstić information content (AvgIpc) is 2.66. The zero-order valence-corrected chi connectivity index (χ0v) is 15.4. The van der Waals surface area contributed by atoms with Crippen molar-refractivity contribution in [3.63, 3.8) is 0 Å². The average molecular weight is 376 g/mol. The first-order chi connectivity index (χ1) is 12.7. The summed E-state index contributed by atoms with van der Waals surface area (Å²) in [5.41, 5.74) is 2.41. The molecule has 1 saturated heterocycles. The number of rotatable bonds is 7. The number of hydrogen-bond donors (Lipinski definition) is 2. The van der Waals surface area contributed by atoms with Gasteiger partial charge in [0.25, 0.3) is 5.91 Å². The second-order valence-corrected chi connectivity index (χ2v) is 6.77. The van der Waals surface area contributed by atoms with Crippen molar-refractivity contribution in [1.29, 1.82) is 0 Å². The molecule has 0 aromatic heterocycles. The van der Waals surface area contributed by atoms with Crippen LogP contribution in [0.1, 0.15) is 11.1 Å². The smallest absolute Gasteiger partial charge is 0.258 e. The molecule has 2 aromatic carbocycles. The first-order valence-electron chi connectivity index (χ1n) is 8.84. The van der Waals surface area contributed by atoms with Crippen LogP contribution in [0.25, 0.3) is 0 Å². The van der Waals surface area contributed by atoms with Crippen LogP contribution in [0, 0.1) is 0 Å². The fourth-order valence-electron chi connectivity index (χ4n) is 2.96. The van der Waals surface area contributed by atoms with Crippen LogP contribution in [0.4, 0.5) is 0 Å². The maximum absolute atomic E-state index is 12.1. The number of nitrogens with one attached hydrogen (secondary N) is 2. The molecule has 2 N–H and O–H groups in total. The van der Waals surface area contributed by atoms with Gasteiger partial charge in [0.05, 0.1) is 13.2 Å². The standard InChI is InChI=1S/C20H23ClN2O3/c21-18-6-3-7-19(12-18)26-15-20(24)22-13-16-4-1-2-5-17(16)14-23-8-10-25-11-9-23/h1-7,12H,8-11,13-15H2,(H,22,24)/p+1. The number of halogens is 1. The summed E-state index contributed by atoms with van der Waals surface area (Å²) in [5.74, 6) is 0.433. The number of ether oxygens (including phenoxy) is 2. The molecule has 2 aromatic rings. The van der Waals surface area contributed by atoms with E-state index in [0.717, 1.165) is 38.4 Å². The lowest BCUT2D eigenvalue weighted by atomic mass is 10.1. The molecule has 0 radical (unpaired) electrons. The Morgan fingerprint density at radius 3 is 2.65 bits per heavy atom. The summed E-state index contributed by atoms with van der Waals surface area (Å²) in [6.45, 7) is 5.09. The summed E-state index contributed by atoms with van der Waals surface area (Å²) < 4.78 is 10.9. The summed E-state index contributed by atoms with van der Waals surface area (Å²) >= 11 is 5.91. The van der Waals surface area contributed by atoms with Crippen molar-refractivity contribution in [2.24, 2.45) is 0 Å². The third-order valence-corrected chi connectivity index (χ3v) is 4.64. The quantitative estimate of drug-likeness (QED) is 0.770. The van der Waals surface area contributed by atoms with Gasteiger partial charge in [0.15, 0.2) is 6.61 Å². The largest absolute Gasteiger partial charge is 0.484 e. The highest BCUT2D eigenvalue weighted by atomic mass is 35.5. The number of quaternary nitrogens is 1. The highest BCUT2D eigenvalue weighted by Crippen LogP contribution is 2.16. The fraction of sp³-hybridized carbons (Fsp3) is 0.350. The molecule has 6 heteroatoms. The summed E-state index contributed by atoms with van der Waals surface area (Å²) in [4.78, 5) is 13.6. The normalized spacial score (nSPS) is 14.8. The molecule has 0 atom stereocenters. The third-order valence-electron chi connectivity index (χ3n) is 4.40. The molecule has 5 nitrogen and oxygen atoms in total. The van der Waals surface area contributed by atoms with Gasteiger partial charge in [-0.05, 0) is 23.8 Å². The predicted octanol–water partition coefficient (Wildman–Crippen LogP) is 1.45. The van der Waals surface area contributed by atoms with Crippen molar-refractivity contribution in [3.05, 3.63) is 64.7 Å². The van der Waals surface area contributed by atoms with Gasteiger partial charge in [-0.15, -0.1) is 0 Å². The van der Waals surface area contributed by atoms with Gasteiger partial charge in [-0.2, -0.15) is 0 Å². The molecular formula is C20H24ClN2O3+. The second-order valence-electron chi connectivity index (χ2n) is 6.33. The van der Waals surface area contributed by atoms with Crippen LogP contribution in [0.3, 0.4) is 0 Å². The summed E-state index contributed by atoms with van der Waals surface area (Å²) in [6, 6.07) is 15.3. The Balaban J connectivity index is 1.50. The molecule has 0 saturated carbocycles. The zero-order valence-electron chi connectivity index (χ0n) is 14.7. The minimum absolute atomic E-state index is 0.0305. The van der Waals surface area contributed by atoms with E-state index in [-0.39, 0.29) is 12.5 Å². The summed E-state index contributed by atoms with van der Waals surface area (Å²) in [6.07, 6.45) is 0. The van der Waals surface area contributed by atoms with Crippen LogP contribution >= 0.6 is 11.6 Å². The maximum Gasteiger partial charge on any atom is 0.258 e. The number of carbonyl (C=O) groups excluding carboxylic acids is 1. The lowest BCUT2D eigenvalue weighted by Crippen LogP contribution is -3.12. The molecule has 138 valence electrons. The molecular weight excluding hydrogens is 352 g/mol. The maximum atomic E-state index is 12.1. The number of benzene rings is 2. The minimum atomic E-state index is -0.154. The Morgan fingerprint density at radius 2 is 1.88 bits per heavy atom. The van der Waals surface area contributed by atoms with Gasteiger partial charge in [-0.25, -0.2) is 0 Å². The van der Waals surface area contributed by atoms with Gasteiger partial charge in [0, 0.05) is 17.1 Å². The van der Waals surface area contributed by atoms with Crippen molar-refractivity contribution in [1.82, 2.24) is 5.32 Å². The Bertz CT molecular complexity index is 733. The molecule has 1 heterocycles. The van der Waals surface area contributed by atoms with Crippen LogP contribution in [-0.2, 0) is 22.6 Å². The fourth-order valence-corrected chi connectivity index (χ4v) is 3.14. The third kappa shape index (κ3) is 5.73. The Labute approximate surface area is 158 Å². The van der Waals surface area contributed by atoms with Crippen LogP contribution in [0.15, 0.2) is 48.5 Å². The summed E-state index contributed by atoms with van der Waals surface area (Å²) in [5, 5.41) is 3.52. The van der Waals surface area contributed by atoms with E-state index >= 15 is 0 Å². The molecule has 0 bridgehead atoms. The lowest BCUT2D eigenvalue weighted by molar-refractivity contribution is -0.921. The van der Waals surface area contributed by atoms with E-state index in [2.05, 4.69) is 17.4 Å². The van der Waals surface area contributed by atoms with Gasteiger partial charge in [-0.1, -0.05) is 41.9 Å². The SMILES string of the molecule is O=C(COc1cccc(Cl)c1)NCc1ccccc1C[NH+]1CCOCC1. The van der Waals surface area contributed by atoms with Gasteiger partial charge in [-0.3, -0.25) is 4.79 Å². The van der Waals surface area contributed by atoms with Crippen molar-refractivity contribution >= 4 is 17.5 Å². The van der Waals surface area contributed by atoms with E-state index in [1.54, 1.807) is 24.3 Å². The minimum Gasteiger partial charge on any atom is -0.484 e. The predicted molar refractivity (Wildman–Crippen MR) is 100 cm³/mol. The van der Waals surface area contributed by atoms with E-state index in [4.69, 9.17) is 21.1 Å². The molecule has 1 amide bonds. The number of hydrogen-bond acceptors (Lipinski definition) is 3. The van der Waals surface area contributed by atoms with E-state index in [1.165, 1.54) is 10.5 Å². The molecule has 1 aliphatic rings. The van der Waals surface area contributed by atoms with Gasteiger partial charge in [0.1, 0.15) is 25.4 Å². The molecule has 1 fully saturated rings. The second kappa shape index (κ2) is 9.57. The monoisotopic (exact) mass is 375 g/mol. The summed E-state index contributed by atoms with van der Waals surface area (Å²) in [7, 11) is 0. The molecule has 3 rings (SSSR count). The number of amides is 1. The molecule has 26 heavy (non-hydrogen) atoms. The lowest BCUT2D eigenvalue weighted by Gasteiger charge is -2.24. The molecule has 1 aliphatic heterocycles. The molecule has 0 spiro atoms. The van der Waals surface area contributed by atoms with Crippen molar-refractivity contribution in [2.45, 2.75) is 13.1 Å². The number of carbonyl (C=O) groups is 1. The van der Waals surface area contributed by atoms with Crippen molar-refractivity contribution in [2.75, 3.05) is 32.9 Å². The van der Waals surface area contributed by atoms with E-state index in [1.807, 2.05) is 12.1 Å². The Hall–Kier alpha value is -2.08. The van der Waals surface area contributed by atoms with Gasteiger partial charge in [0.2, 0.25) is 0 Å². The highest BCUT2D eigenvalue weighted by molar-refractivity contribution is 6.30. The van der Waals surface area contributed by atoms with Crippen molar-refractivity contribution in [3.8, 4) is 5.75 Å². The first-order valence-corrected chi connectivity index (χ1v) is 9.21. The van der Waals surface area contributed by atoms with E-state index in [9.17, 15) is 4.79 Å². The van der Waals surface area contributed by atoms with E-state index in [0.29, 0.717) is 17.3 Å². The molecule has 0 aliphatic carbocycles. The van der Waals surface area contributed by atoms with Crippen LogP contribution in [0.5, 0.6) is 5.75 Å². The Morgan fingerprint density at radius 1 is 1.12 bits per heavy atom. The van der Waals surface area contributed by atoms with Crippen LogP contribution in [-0.4, -0.2) is 38.8 Å². The van der Waals surface area contributed by atoms with Crippen molar-refractivity contribution < 1.29 is 19.2 Å².